The molecule has 0 radical (unpaired) electrons. The van der Waals surface area contributed by atoms with Crippen molar-refractivity contribution in [3.63, 3.8) is 0 Å². The van der Waals surface area contributed by atoms with Gasteiger partial charge in [-0.15, -0.1) is 0 Å². The third kappa shape index (κ3) is 5.85. The van der Waals surface area contributed by atoms with Gasteiger partial charge in [-0.2, -0.15) is 0 Å². The second kappa shape index (κ2) is 8.67. The Morgan fingerprint density at radius 1 is 1.26 bits per heavy atom. The lowest BCUT2D eigenvalue weighted by molar-refractivity contribution is -0.143. The lowest BCUT2D eigenvalue weighted by Gasteiger charge is -2.17. The van der Waals surface area contributed by atoms with Gasteiger partial charge in [0.25, 0.3) is 0 Å². The summed E-state index contributed by atoms with van der Waals surface area (Å²) < 4.78 is 10.3. The highest BCUT2D eigenvalue weighted by atomic mass is 16.5. The molecule has 0 spiro atoms. The van der Waals surface area contributed by atoms with Gasteiger partial charge in [-0.3, -0.25) is 5.32 Å². The van der Waals surface area contributed by atoms with Crippen molar-refractivity contribution < 1.29 is 14.3 Å². The number of benzene rings is 1. The molecular formula is C15H23NO3. The van der Waals surface area contributed by atoms with Gasteiger partial charge in [0.2, 0.25) is 0 Å². The first-order chi connectivity index (χ1) is 9.15. The van der Waals surface area contributed by atoms with Gasteiger partial charge < -0.3 is 9.47 Å². The van der Waals surface area contributed by atoms with Crippen molar-refractivity contribution in [2.75, 3.05) is 26.9 Å². The Hall–Kier alpha value is -1.39. The van der Waals surface area contributed by atoms with E-state index in [1.807, 2.05) is 30.3 Å². The maximum atomic E-state index is 11.8. The van der Waals surface area contributed by atoms with E-state index < -0.39 is 6.04 Å². The molecule has 0 fully saturated rings. The highest BCUT2D eigenvalue weighted by Crippen LogP contribution is 2.13. The minimum absolute atomic E-state index is 0.282. The van der Waals surface area contributed by atoms with Crippen LogP contribution in [0.25, 0.3) is 0 Å². The van der Waals surface area contributed by atoms with Gasteiger partial charge in [0, 0.05) is 13.2 Å². The summed E-state index contributed by atoms with van der Waals surface area (Å²) in [5.41, 5.74) is 0.901. The third-order valence-corrected chi connectivity index (χ3v) is 2.62. The first-order valence-corrected chi connectivity index (χ1v) is 6.59. The van der Waals surface area contributed by atoms with E-state index in [1.165, 1.54) is 7.11 Å². The molecule has 1 N–H and O–H groups in total. The highest BCUT2D eigenvalue weighted by molar-refractivity contribution is 5.77. The van der Waals surface area contributed by atoms with E-state index in [1.54, 1.807) is 0 Å². The summed E-state index contributed by atoms with van der Waals surface area (Å²) >= 11 is 0. The van der Waals surface area contributed by atoms with Crippen LogP contribution in [-0.2, 0) is 14.3 Å². The van der Waals surface area contributed by atoms with E-state index in [4.69, 9.17) is 9.47 Å². The number of carbonyl (C=O) groups excluding carboxylic acids is 1. The third-order valence-electron chi connectivity index (χ3n) is 2.62. The predicted molar refractivity (Wildman–Crippen MR) is 74.9 cm³/mol. The fourth-order valence-electron chi connectivity index (χ4n) is 1.70. The van der Waals surface area contributed by atoms with Crippen LogP contribution in [0.3, 0.4) is 0 Å². The molecule has 0 heterocycles. The Morgan fingerprint density at radius 3 is 2.53 bits per heavy atom. The second-order valence-electron chi connectivity index (χ2n) is 4.79. The molecule has 0 aliphatic carbocycles. The molecule has 0 aliphatic rings. The van der Waals surface area contributed by atoms with Gasteiger partial charge in [0.05, 0.1) is 13.7 Å². The molecular weight excluding hydrogens is 242 g/mol. The molecule has 0 aliphatic heterocycles. The van der Waals surface area contributed by atoms with Crippen LogP contribution in [0.4, 0.5) is 0 Å². The Bertz CT molecular complexity index is 365. The van der Waals surface area contributed by atoms with Crippen LogP contribution in [-0.4, -0.2) is 32.8 Å². The van der Waals surface area contributed by atoms with E-state index in [0.29, 0.717) is 19.1 Å². The number of nitrogens with one attached hydrogen (secondary N) is 1. The summed E-state index contributed by atoms with van der Waals surface area (Å²) in [6, 6.07) is 9.11. The molecule has 0 bridgehead atoms. The zero-order valence-corrected chi connectivity index (χ0v) is 11.9. The van der Waals surface area contributed by atoms with Crippen molar-refractivity contribution in [2.45, 2.75) is 19.9 Å². The smallest absolute Gasteiger partial charge is 0.327 e. The average Bonchev–Trinajstić information content (AvgIpc) is 2.42. The Balaban J connectivity index is 2.46. The van der Waals surface area contributed by atoms with Crippen LogP contribution in [0.5, 0.6) is 0 Å². The molecule has 4 heteroatoms. The number of carbonyl (C=O) groups is 1. The summed E-state index contributed by atoms with van der Waals surface area (Å²) in [5.74, 6) is 0.237. The topological polar surface area (TPSA) is 47.6 Å². The summed E-state index contributed by atoms with van der Waals surface area (Å²) in [7, 11) is 1.40. The fourth-order valence-corrected chi connectivity index (χ4v) is 1.70. The SMILES string of the molecule is COC(=O)C(NCCOCC(C)C)c1ccccc1. The Morgan fingerprint density at radius 2 is 1.95 bits per heavy atom. The van der Waals surface area contributed by atoms with Crippen LogP contribution >= 0.6 is 0 Å². The van der Waals surface area contributed by atoms with Crippen LogP contribution in [0.1, 0.15) is 25.5 Å². The van der Waals surface area contributed by atoms with Crippen molar-refractivity contribution in [3.05, 3.63) is 35.9 Å². The maximum absolute atomic E-state index is 11.8. The predicted octanol–water partition coefficient (Wildman–Crippen LogP) is 2.16. The maximum Gasteiger partial charge on any atom is 0.327 e. The van der Waals surface area contributed by atoms with Crippen molar-refractivity contribution in [1.29, 1.82) is 0 Å². The molecule has 0 saturated carbocycles. The summed E-state index contributed by atoms with van der Waals surface area (Å²) in [4.78, 5) is 11.8. The zero-order valence-electron chi connectivity index (χ0n) is 11.9. The van der Waals surface area contributed by atoms with Gasteiger partial charge in [-0.1, -0.05) is 44.2 Å². The average molecular weight is 265 g/mol. The Labute approximate surface area is 115 Å². The molecule has 1 aromatic rings. The van der Waals surface area contributed by atoms with Crippen molar-refractivity contribution >= 4 is 5.97 Å². The number of esters is 1. The number of ether oxygens (including phenoxy) is 2. The van der Waals surface area contributed by atoms with E-state index in [9.17, 15) is 4.79 Å². The van der Waals surface area contributed by atoms with E-state index in [-0.39, 0.29) is 5.97 Å². The van der Waals surface area contributed by atoms with Gasteiger partial charge in [-0.05, 0) is 11.5 Å². The van der Waals surface area contributed by atoms with E-state index >= 15 is 0 Å². The molecule has 0 amide bonds. The monoisotopic (exact) mass is 265 g/mol. The molecule has 19 heavy (non-hydrogen) atoms. The molecule has 0 saturated heterocycles. The van der Waals surface area contributed by atoms with Crippen molar-refractivity contribution in [3.8, 4) is 0 Å². The lowest BCUT2D eigenvalue weighted by Crippen LogP contribution is -2.32. The van der Waals surface area contributed by atoms with Gasteiger partial charge in [-0.25, -0.2) is 4.79 Å². The number of hydrogen-bond acceptors (Lipinski definition) is 4. The van der Waals surface area contributed by atoms with Crippen molar-refractivity contribution in [1.82, 2.24) is 5.32 Å². The van der Waals surface area contributed by atoms with Crippen LogP contribution in [0, 0.1) is 5.92 Å². The van der Waals surface area contributed by atoms with Gasteiger partial charge in [0.1, 0.15) is 6.04 Å². The first-order valence-electron chi connectivity index (χ1n) is 6.59. The lowest BCUT2D eigenvalue weighted by atomic mass is 10.1. The molecule has 1 unspecified atom stereocenters. The van der Waals surface area contributed by atoms with E-state index in [2.05, 4.69) is 19.2 Å². The first kappa shape index (κ1) is 15.7. The molecule has 0 aromatic heterocycles. The summed E-state index contributed by atoms with van der Waals surface area (Å²) in [6.45, 7) is 6.14. The van der Waals surface area contributed by atoms with Gasteiger partial charge in [0.15, 0.2) is 0 Å². The van der Waals surface area contributed by atoms with E-state index in [0.717, 1.165) is 12.2 Å². The molecule has 4 nitrogen and oxygen atoms in total. The number of rotatable bonds is 8. The van der Waals surface area contributed by atoms with Crippen molar-refractivity contribution in [2.24, 2.45) is 5.92 Å². The quantitative estimate of drug-likeness (QED) is 0.578. The van der Waals surface area contributed by atoms with Crippen LogP contribution < -0.4 is 5.32 Å². The minimum Gasteiger partial charge on any atom is -0.468 e. The second-order valence-corrected chi connectivity index (χ2v) is 4.79. The number of methoxy groups -OCH3 is 1. The molecule has 1 atom stereocenters. The zero-order chi connectivity index (χ0) is 14.1. The minimum atomic E-state index is -0.436. The molecule has 1 aromatic carbocycles. The van der Waals surface area contributed by atoms with Gasteiger partial charge >= 0.3 is 5.97 Å². The fraction of sp³-hybridized carbons (Fsp3) is 0.533. The standard InChI is InChI=1S/C15H23NO3/c1-12(2)11-19-10-9-16-14(15(17)18-3)13-7-5-4-6-8-13/h4-8,12,14,16H,9-11H2,1-3H3. The van der Waals surface area contributed by atoms with Crippen LogP contribution in [0.15, 0.2) is 30.3 Å². The Kier molecular flexibility index (Phi) is 7.15. The normalized spacial score (nSPS) is 12.4. The van der Waals surface area contributed by atoms with Crippen LogP contribution in [0.2, 0.25) is 0 Å². The summed E-state index contributed by atoms with van der Waals surface area (Å²) in [6.07, 6.45) is 0. The molecule has 106 valence electrons. The number of hydrogen-bond donors (Lipinski definition) is 1. The molecule has 1 rings (SSSR count). The summed E-state index contributed by atoms with van der Waals surface area (Å²) in [5, 5.41) is 3.16. The highest BCUT2D eigenvalue weighted by Gasteiger charge is 2.19. The largest absolute Gasteiger partial charge is 0.468 e.